The van der Waals surface area contributed by atoms with Gasteiger partial charge in [-0.15, -0.1) is 12.4 Å². The van der Waals surface area contributed by atoms with Crippen molar-refractivity contribution in [3.63, 3.8) is 0 Å². The number of halogens is 7. The molecule has 92 heavy (non-hydrogen) atoms. The third-order valence-corrected chi connectivity index (χ3v) is 23.9. The van der Waals surface area contributed by atoms with Crippen LogP contribution in [0.4, 0.5) is 20.4 Å². The molecule has 8 fully saturated rings. The molecule has 2 amide bonds. The lowest BCUT2D eigenvalue weighted by molar-refractivity contribution is -0.142. The molecule has 0 radical (unpaired) electrons. The van der Waals surface area contributed by atoms with Crippen molar-refractivity contribution in [2.45, 2.75) is 203 Å². The number of aliphatic carboxylic acids is 1. The third-order valence-electron chi connectivity index (χ3n) is 22.9. The van der Waals surface area contributed by atoms with E-state index in [0.717, 1.165) is 64.2 Å². The Bertz CT molecular complexity index is 3540. The van der Waals surface area contributed by atoms with Gasteiger partial charge < -0.3 is 30.9 Å². The number of amides is 2. The van der Waals surface area contributed by atoms with Crippen LogP contribution in [0.3, 0.4) is 0 Å². The number of carbonyl (C=O) groups is 6. The van der Waals surface area contributed by atoms with E-state index in [0.29, 0.717) is 98.5 Å². The summed E-state index contributed by atoms with van der Waals surface area (Å²) in [5.74, 6) is -4.27. The normalized spacial score (nSPS) is 30.9. The van der Waals surface area contributed by atoms with Gasteiger partial charge in [0, 0.05) is 66.6 Å². The van der Waals surface area contributed by atoms with Crippen LogP contribution in [-0.4, -0.2) is 91.6 Å². The van der Waals surface area contributed by atoms with E-state index in [4.69, 9.17) is 61.6 Å². The first-order chi connectivity index (χ1) is 43.2. The third kappa shape index (κ3) is 12.6. The number of carbonyl (C=O) groups excluding carboxylic acids is 5. The van der Waals surface area contributed by atoms with Gasteiger partial charge in [-0.2, -0.15) is 0 Å². The summed E-state index contributed by atoms with van der Waals surface area (Å²) in [5, 5.41) is 16.0. The number of carboxylic acid groups (broad SMARTS) is 1. The molecular formula is C69H82Cl5F2N7O9. The molecule has 16 nitrogen and oxygen atoms in total. The van der Waals surface area contributed by atoms with Crippen LogP contribution < -0.4 is 16.4 Å². The van der Waals surface area contributed by atoms with Gasteiger partial charge in [0.2, 0.25) is 11.8 Å². The van der Waals surface area contributed by atoms with E-state index in [1.54, 1.807) is 24.3 Å². The topological polar surface area (TPSA) is 243 Å². The number of rotatable bonds is 12. The van der Waals surface area contributed by atoms with Crippen molar-refractivity contribution >= 4 is 106 Å². The average Bonchev–Trinajstić information content (AvgIpc) is 1.51. The number of fused-ring (bicyclic) bond motifs is 6. The van der Waals surface area contributed by atoms with E-state index in [1.165, 1.54) is 31.3 Å². The molecule has 6 aliphatic carbocycles. The standard InChI is InChI=1S/C35H40Cl2FN3O4.C24H24Cl2FN3O3.C10H17NO2.ClH/c1-33(2)10-12-34(13-11-33)17-22(24(42)16-20-5-7-26(45-18-20)25(43)15-19-3-4-19)28(21-9-14-39-30(37)29(21)38)35(34)23-6-8-27(36)40-31(23)41-32(35)44;1-22(2)6-8-23(9-7-22)11-13(20(31)32)16(12-5-10-28-18(26)17(12)27)24(23)14-3-4-15(25)29-19(14)30-21(24)33;11-8-3-4-10(13-6-8)9(12)5-7-1-2-7;/h6,8-9,14,19-20,22,26,28H,3-5,7,10-13,15-18H2,1-2H3,(H,40,41,44);3-5,10,13,16H,6-9,11H2,1-2H3,(H,31,32)(H,29,30,33);7-8,10H,1-6,11H2;1H/t20-,22-,26-,28-,35+;13-,16+,24?;8-,10+;/m011./s1. The second kappa shape index (κ2) is 26.3. The highest BCUT2D eigenvalue weighted by molar-refractivity contribution is 6.30. The van der Waals surface area contributed by atoms with Crippen molar-refractivity contribution in [3.05, 3.63) is 103 Å². The van der Waals surface area contributed by atoms with Crippen molar-refractivity contribution in [1.82, 2.24) is 19.9 Å². The van der Waals surface area contributed by atoms with Gasteiger partial charge in [0.1, 0.15) is 39.9 Å². The minimum absolute atomic E-state index is 0. The molecule has 0 aromatic carbocycles. The van der Waals surface area contributed by atoms with Crippen LogP contribution in [0.1, 0.15) is 197 Å². The lowest BCUT2D eigenvalue weighted by atomic mass is 9.51. The molecule has 23 heteroatoms. The maximum atomic E-state index is 16.1. The largest absolute Gasteiger partial charge is 0.481 e. The fraction of sp³-hybridized carbons (Fsp3) is 0.623. The Morgan fingerprint density at radius 1 is 0.565 bits per heavy atom. The fourth-order valence-corrected chi connectivity index (χ4v) is 18.3. The molecule has 4 spiro atoms. The number of anilines is 2. The highest BCUT2D eigenvalue weighted by Gasteiger charge is 2.75. The second-order valence-corrected chi connectivity index (χ2v) is 31.2. The number of nitrogens with zero attached hydrogens (tertiary/aromatic N) is 4. The predicted octanol–water partition coefficient (Wildman–Crippen LogP) is 14.5. The van der Waals surface area contributed by atoms with Crippen LogP contribution in [-0.2, 0) is 49.1 Å². The van der Waals surface area contributed by atoms with Crippen LogP contribution >= 0.6 is 58.8 Å². The van der Waals surface area contributed by atoms with Crippen LogP contribution in [0.25, 0.3) is 0 Å². The van der Waals surface area contributed by atoms with E-state index < -0.39 is 62.9 Å². The number of pyridine rings is 4. The molecule has 10 atom stereocenters. The quantitative estimate of drug-likeness (QED) is 0.0965. The van der Waals surface area contributed by atoms with Crippen molar-refractivity contribution < 1.29 is 52.1 Å². The fourth-order valence-electron chi connectivity index (χ4n) is 17.6. The zero-order valence-corrected chi connectivity index (χ0v) is 56.3. The highest BCUT2D eigenvalue weighted by atomic mass is 35.5. The Balaban J connectivity index is 0.000000161. The van der Waals surface area contributed by atoms with Crippen molar-refractivity contribution in [2.75, 3.05) is 23.8 Å². The molecule has 4 aromatic heterocycles. The van der Waals surface area contributed by atoms with Gasteiger partial charge in [-0.25, -0.2) is 28.7 Å². The van der Waals surface area contributed by atoms with E-state index >= 15 is 8.78 Å². The van der Waals surface area contributed by atoms with Gasteiger partial charge >= 0.3 is 5.97 Å². The van der Waals surface area contributed by atoms with Crippen molar-refractivity contribution in [2.24, 2.45) is 57.0 Å². The van der Waals surface area contributed by atoms with E-state index in [-0.39, 0.29) is 115 Å². The van der Waals surface area contributed by atoms with E-state index in [2.05, 4.69) is 58.3 Å². The Kier molecular flexibility index (Phi) is 19.6. The molecule has 4 aliphatic heterocycles. The zero-order valence-electron chi connectivity index (χ0n) is 52.4. The number of Topliss-reactive ketones (excluding diaryl/α,β-unsaturated/α-hetero) is 3. The summed E-state index contributed by atoms with van der Waals surface area (Å²) < 4.78 is 43.0. The second-order valence-electron chi connectivity index (χ2n) is 29.7. The monoisotopic (exact) mass is 1370 g/mol. The molecule has 4 aromatic rings. The summed E-state index contributed by atoms with van der Waals surface area (Å²) in [6.45, 7) is 9.73. The smallest absolute Gasteiger partial charge is 0.307 e. The Morgan fingerprint density at radius 3 is 1.37 bits per heavy atom. The number of ketones is 3. The summed E-state index contributed by atoms with van der Waals surface area (Å²) in [6, 6.07) is 10.0. The van der Waals surface area contributed by atoms with Gasteiger partial charge in [0.05, 0.1) is 30.0 Å². The molecule has 14 rings (SSSR count). The summed E-state index contributed by atoms with van der Waals surface area (Å²) in [4.78, 5) is 96.6. The Hall–Kier alpha value is -4.79. The molecule has 10 aliphatic rings. The van der Waals surface area contributed by atoms with Gasteiger partial charge in [0.25, 0.3) is 0 Å². The van der Waals surface area contributed by atoms with Crippen LogP contribution in [0.2, 0.25) is 20.6 Å². The van der Waals surface area contributed by atoms with Crippen LogP contribution in [0, 0.1) is 62.9 Å². The molecule has 5 N–H and O–H groups in total. The first-order valence-electron chi connectivity index (χ1n) is 32.6. The maximum Gasteiger partial charge on any atom is 0.307 e. The Morgan fingerprint density at radius 2 is 0.967 bits per heavy atom. The number of nitrogens with one attached hydrogen (secondary N) is 2. The molecule has 8 heterocycles. The molecule has 6 saturated carbocycles. The first-order valence-corrected chi connectivity index (χ1v) is 34.1. The van der Waals surface area contributed by atoms with Gasteiger partial charge in [-0.1, -0.05) is 86.2 Å². The molecule has 0 bridgehead atoms. The lowest BCUT2D eigenvalue weighted by Gasteiger charge is -2.50. The van der Waals surface area contributed by atoms with Gasteiger partial charge in [-0.05, 0) is 190 Å². The molecule has 1 unspecified atom stereocenters. The SMILES string of the molecule is CC1(C)CCC2(CC1)C[C@@H](C(=O)C[C@@H]1CC[C@@H](C(=O)CC3CC3)OC1)[C@H](c1ccnc(Cl)c1F)[C@]21C(=O)Nc2nc(Cl)ccc21.CC1(C)CCC2(CC1)C[C@@H](C(=O)O)[C@H](c1ccnc(Cl)c1F)C21C(=O)Nc2nc(Cl)ccc21.Cl.N[C@@H]1CC[C@@H](C(=O)CC2CC2)OC1. The van der Waals surface area contributed by atoms with Crippen LogP contribution in [0.15, 0.2) is 48.8 Å². The summed E-state index contributed by atoms with van der Waals surface area (Å²) in [6.07, 6.45) is 18.5. The molecule has 496 valence electrons. The minimum atomic E-state index is -1.31. The minimum Gasteiger partial charge on any atom is -0.481 e. The molecular weight excluding hydrogens is 1290 g/mol. The summed E-state index contributed by atoms with van der Waals surface area (Å²) in [5.41, 5.74) is 3.57. The number of aromatic nitrogens is 4. The number of nitrogens with two attached hydrogens (primary N) is 1. The van der Waals surface area contributed by atoms with Gasteiger partial charge in [-0.3, -0.25) is 28.8 Å². The van der Waals surface area contributed by atoms with E-state index in [9.17, 15) is 33.9 Å². The van der Waals surface area contributed by atoms with Crippen LogP contribution in [0.5, 0.6) is 0 Å². The Labute approximate surface area is 561 Å². The zero-order chi connectivity index (χ0) is 64.7. The van der Waals surface area contributed by atoms with E-state index in [1.807, 2.05) is 6.07 Å². The number of hydrogen-bond acceptors (Lipinski definition) is 13. The number of ether oxygens (including phenoxy) is 2. The summed E-state index contributed by atoms with van der Waals surface area (Å²) >= 11 is 24.7. The maximum absolute atomic E-state index is 16.1. The predicted molar refractivity (Wildman–Crippen MR) is 347 cm³/mol. The summed E-state index contributed by atoms with van der Waals surface area (Å²) in [7, 11) is 0. The number of hydrogen-bond donors (Lipinski definition) is 4. The average molecular weight is 1370 g/mol. The van der Waals surface area contributed by atoms with Crippen molar-refractivity contribution in [3.8, 4) is 0 Å². The molecule has 2 saturated heterocycles. The lowest BCUT2D eigenvalue weighted by Crippen LogP contribution is -2.52. The highest BCUT2D eigenvalue weighted by Crippen LogP contribution is 2.74. The van der Waals surface area contributed by atoms with Gasteiger partial charge in [0.15, 0.2) is 33.5 Å². The first kappa shape index (κ1) is 68.6. The van der Waals surface area contributed by atoms with Crippen molar-refractivity contribution in [1.29, 1.82) is 0 Å². The number of carboxylic acids is 1.